The van der Waals surface area contributed by atoms with E-state index in [4.69, 9.17) is 4.74 Å². The van der Waals surface area contributed by atoms with E-state index >= 15 is 0 Å². The van der Waals surface area contributed by atoms with Gasteiger partial charge in [-0.25, -0.2) is 9.78 Å². The Labute approximate surface area is 140 Å². The van der Waals surface area contributed by atoms with Gasteiger partial charge in [-0.1, -0.05) is 29.5 Å². The molecule has 0 radical (unpaired) electrons. The van der Waals surface area contributed by atoms with Gasteiger partial charge in [0.25, 0.3) is 0 Å². The molecule has 0 atom stereocenters. The number of anilines is 2. The summed E-state index contributed by atoms with van der Waals surface area (Å²) in [4.78, 5) is 19.2. The number of thiazole rings is 1. The number of nitrogens with zero attached hydrogens (tertiary/aromatic N) is 2. The number of methoxy groups -OCH3 is 1. The summed E-state index contributed by atoms with van der Waals surface area (Å²) in [5, 5.41) is 3.89. The van der Waals surface area contributed by atoms with Gasteiger partial charge < -0.3 is 15.0 Å². The number of carbonyl (C=O) groups excluding carboxylic acids is 1. The van der Waals surface area contributed by atoms with Crippen molar-refractivity contribution < 1.29 is 9.53 Å². The minimum atomic E-state index is -0.367. The van der Waals surface area contributed by atoms with Gasteiger partial charge >= 0.3 is 5.97 Å². The van der Waals surface area contributed by atoms with Crippen LogP contribution in [0.5, 0.6) is 0 Å². The molecule has 2 aromatic rings. The highest BCUT2D eigenvalue weighted by Gasteiger charge is 2.18. The fourth-order valence-electron chi connectivity index (χ4n) is 2.24. The van der Waals surface area contributed by atoms with Crippen LogP contribution in [0.15, 0.2) is 30.3 Å². The number of ether oxygens (including phenoxy) is 1. The van der Waals surface area contributed by atoms with Crippen LogP contribution in [-0.4, -0.2) is 39.2 Å². The van der Waals surface area contributed by atoms with E-state index in [9.17, 15) is 4.79 Å². The van der Waals surface area contributed by atoms with Crippen molar-refractivity contribution in [1.29, 1.82) is 0 Å². The molecule has 0 bridgehead atoms. The third-order valence-electron chi connectivity index (χ3n) is 3.38. The largest absolute Gasteiger partial charge is 0.466 e. The predicted molar refractivity (Wildman–Crippen MR) is 97.1 cm³/mol. The van der Waals surface area contributed by atoms with Crippen molar-refractivity contribution in [2.24, 2.45) is 0 Å². The molecule has 0 amide bonds. The molecule has 5 nitrogen and oxygen atoms in total. The number of hydrogen-bond donors (Lipinski definition) is 1. The fourth-order valence-corrected chi connectivity index (χ4v) is 3.15. The SMILES string of the molecule is CNc1nc(-c2ccccc2N(C)C)c(/C(C)=C/C(=O)OC)s1. The van der Waals surface area contributed by atoms with Gasteiger partial charge in [-0.3, -0.25) is 0 Å². The number of esters is 1. The molecule has 0 saturated carbocycles. The number of rotatable bonds is 5. The maximum atomic E-state index is 11.6. The second-order valence-electron chi connectivity index (χ2n) is 5.21. The molecular formula is C17H21N3O2S. The van der Waals surface area contributed by atoms with Crippen molar-refractivity contribution in [1.82, 2.24) is 4.98 Å². The Morgan fingerprint density at radius 2 is 2.04 bits per heavy atom. The van der Waals surface area contributed by atoms with Crippen molar-refractivity contribution >= 4 is 33.7 Å². The molecule has 1 aromatic heterocycles. The van der Waals surface area contributed by atoms with Crippen molar-refractivity contribution in [2.75, 3.05) is 38.5 Å². The monoisotopic (exact) mass is 331 g/mol. The van der Waals surface area contributed by atoms with Crippen molar-refractivity contribution in [3.05, 3.63) is 35.2 Å². The maximum absolute atomic E-state index is 11.6. The van der Waals surface area contributed by atoms with Crippen molar-refractivity contribution in [2.45, 2.75) is 6.92 Å². The first-order valence-electron chi connectivity index (χ1n) is 7.19. The van der Waals surface area contributed by atoms with Crippen LogP contribution in [0.1, 0.15) is 11.8 Å². The molecule has 1 aromatic carbocycles. The Kier molecular flexibility index (Phi) is 5.39. The van der Waals surface area contributed by atoms with Gasteiger partial charge in [-0.2, -0.15) is 0 Å². The molecule has 122 valence electrons. The number of benzene rings is 1. The Morgan fingerprint density at radius 3 is 2.65 bits per heavy atom. The zero-order valence-electron chi connectivity index (χ0n) is 14.0. The maximum Gasteiger partial charge on any atom is 0.330 e. The average molecular weight is 331 g/mol. The highest BCUT2D eigenvalue weighted by atomic mass is 32.1. The third kappa shape index (κ3) is 3.71. The lowest BCUT2D eigenvalue weighted by atomic mass is 10.1. The molecule has 0 fully saturated rings. The molecule has 23 heavy (non-hydrogen) atoms. The topological polar surface area (TPSA) is 54.5 Å². The number of para-hydroxylation sites is 1. The van der Waals surface area contributed by atoms with E-state index in [-0.39, 0.29) is 5.97 Å². The molecule has 6 heteroatoms. The summed E-state index contributed by atoms with van der Waals surface area (Å²) >= 11 is 1.52. The highest BCUT2D eigenvalue weighted by Crippen LogP contribution is 2.39. The average Bonchev–Trinajstić information content (AvgIpc) is 2.99. The molecule has 0 aliphatic heterocycles. The van der Waals surface area contributed by atoms with Crippen LogP contribution in [0.25, 0.3) is 16.8 Å². The van der Waals surface area contributed by atoms with Crippen LogP contribution < -0.4 is 10.2 Å². The van der Waals surface area contributed by atoms with Crippen LogP contribution >= 0.6 is 11.3 Å². The first-order valence-corrected chi connectivity index (χ1v) is 8.01. The number of nitrogens with one attached hydrogen (secondary N) is 1. The lowest BCUT2D eigenvalue weighted by molar-refractivity contribution is -0.134. The van der Waals surface area contributed by atoms with E-state index in [2.05, 4.69) is 21.3 Å². The Bertz CT molecular complexity index is 735. The highest BCUT2D eigenvalue weighted by molar-refractivity contribution is 7.17. The Hall–Kier alpha value is -2.34. The normalized spacial score (nSPS) is 11.3. The third-order valence-corrected chi connectivity index (χ3v) is 4.58. The molecular weight excluding hydrogens is 310 g/mol. The van der Waals surface area contributed by atoms with Crippen LogP contribution in [0.2, 0.25) is 0 Å². The standard InChI is InChI=1S/C17H21N3O2S/c1-11(10-14(21)22-5)16-15(19-17(18-2)23-16)12-8-6-7-9-13(12)20(3)4/h6-10H,1-5H3,(H,18,19)/b11-10+. The first kappa shape index (κ1) is 17.0. The van der Waals surface area contributed by atoms with Crippen LogP contribution in [0, 0.1) is 0 Å². The number of aromatic nitrogens is 1. The summed E-state index contributed by atoms with van der Waals surface area (Å²) in [6.45, 7) is 1.89. The van der Waals surface area contributed by atoms with Gasteiger partial charge in [0, 0.05) is 38.5 Å². The summed E-state index contributed by atoms with van der Waals surface area (Å²) in [6, 6.07) is 8.08. The molecule has 1 N–H and O–H groups in total. The first-order chi connectivity index (χ1) is 11.0. The molecule has 0 aliphatic rings. The van der Waals surface area contributed by atoms with Crippen LogP contribution in [0.4, 0.5) is 10.8 Å². The van der Waals surface area contributed by atoms with Gasteiger partial charge in [-0.15, -0.1) is 0 Å². The predicted octanol–water partition coefficient (Wildman–Crippen LogP) is 3.49. The van der Waals surface area contributed by atoms with Gasteiger partial charge in [0.05, 0.1) is 17.7 Å². The molecule has 1 heterocycles. The second-order valence-corrected chi connectivity index (χ2v) is 6.21. The number of carbonyl (C=O) groups is 1. The molecule has 0 unspecified atom stereocenters. The molecule has 0 saturated heterocycles. The molecule has 0 spiro atoms. The second kappa shape index (κ2) is 7.28. The lowest BCUT2D eigenvalue weighted by Gasteiger charge is -2.17. The van der Waals surface area contributed by atoms with Gasteiger partial charge in [-0.05, 0) is 18.6 Å². The summed E-state index contributed by atoms with van der Waals surface area (Å²) < 4.78 is 4.73. The zero-order valence-corrected chi connectivity index (χ0v) is 14.8. The summed E-state index contributed by atoms with van der Waals surface area (Å²) in [7, 11) is 7.21. The summed E-state index contributed by atoms with van der Waals surface area (Å²) in [5.74, 6) is -0.367. The van der Waals surface area contributed by atoms with E-state index in [1.54, 1.807) is 0 Å². The van der Waals surface area contributed by atoms with Gasteiger partial charge in [0.15, 0.2) is 5.13 Å². The van der Waals surface area contributed by atoms with Crippen LogP contribution in [0.3, 0.4) is 0 Å². The van der Waals surface area contributed by atoms with Crippen molar-refractivity contribution in [3.8, 4) is 11.3 Å². The fraction of sp³-hybridized carbons (Fsp3) is 0.294. The van der Waals surface area contributed by atoms with Gasteiger partial charge in [0.1, 0.15) is 0 Å². The van der Waals surface area contributed by atoms with Gasteiger partial charge in [0.2, 0.25) is 0 Å². The van der Waals surface area contributed by atoms with E-state index in [1.807, 2.05) is 46.3 Å². The Morgan fingerprint density at radius 1 is 1.35 bits per heavy atom. The number of hydrogen-bond acceptors (Lipinski definition) is 6. The van der Waals surface area contributed by atoms with Crippen molar-refractivity contribution in [3.63, 3.8) is 0 Å². The van der Waals surface area contributed by atoms with E-state index in [0.717, 1.165) is 32.5 Å². The minimum absolute atomic E-state index is 0.367. The summed E-state index contributed by atoms with van der Waals surface area (Å²) in [6.07, 6.45) is 1.49. The molecule has 0 aliphatic carbocycles. The lowest BCUT2D eigenvalue weighted by Crippen LogP contribution is -2.10. The van der Waals surface area contributed by atoms with E-state index < -0.39 is 0 Å². The summed E-state index contributed by atoms with van der Waals surface area (Å²) in [5.41, 5.74) is 3.80. The quantitative estimate of drug-likeness (QED) is 0.671. The zero-order chi connectivity index (χ0) is 17.0. The minimum Gasteiger partial charge on any atom is -0.466 e. The smallest absolute Gasteiger partial charge is 0.330 e. The van der Waals surface area contributed by atoms with E-state index in [1.165, 1.54) is 24.5 Å². The van der Waals surface area contributed by atoms with Crippen LogP contribution in [-0.2, 0) is 9.53 Å². The number of allylic oxidation sites excluding steroid dienone is 1. The molecule has 2 rings (SSSR count). The Balaban J connectivity index is 2.62. The van der Waals surface area contributed by atoms with E-state index in [0.29, 0.717) is 0 Å².